The Hall–Kier alpha value is -1.78. The Morgan fingerprint density at radius 3 is 2.35 bits per heavy atom. The summed E-state index contributed by atoms with van der Waals surface area (Å²) >= 11 is 1.63. The number of nitrogens with one attached hydrogen (secondary N) is 1. The van der Waals surface area contributed by atoms with Crippen LogP contribution < -0.4 is 5.32 Å². The van der Waals surface area contributed by atoms with Crippen LogP contribution in [0.4, 0.5) is 0 Å². The standard InChI is InChI=1S/C16H17NO2S/c1-20-14-9-7-13(8-10-14)16(19)17-15(11-18)12-5-3-2-4-6-12/h2-10,15,18H,11H2,1H3,(H,17,19)/t15-/m0/s1. The Morgan fingerprint density at radius 2 is 1.80 bits per heavy atom. The third-order valence-electron chi connectivity index (χ3n) is 3.04. The fourth-order valence-electron chi connectivity index (χ4n) is 1.90. The lowest BCUT2D eigenvalue weighted by molar-refractivity contribution is 0.0916. The van der Waals surface area contributed by atoms with E-state index < -0.39 is 0 Å². The molecule has 2 aromatic rings. The highest BCUT2D eigenvalue weighted by molar-refractivity contribution is 7.98. The number of thioether (sulfide) groups is 1. The topological polar surface area (TPSA) is 49.3 Å². The third kappa shape index (κ3) is 3.62. The summed E-state index contributed by atoms with van der Waals surface area (Å²) in [5.41, 5.74) is 1.49. The summed E-state index contributed by atoms with van der Waals surface area (Å²) in [5, 5.41) is 12.3. The fourth-order valence-corrected chi connectivity index (χ4v) is 2.31. The van der Waals surface area contributed by atoms with Gasteiger partial charge in [0.05, 0.1) is 12.6 Å². The minimum atomic E-state index is -0.385. The van der Waals surface area contributed by atoms with Crippen LogP contribution in [0.25, 0.3) is 0 Å². The molecular weight excluding hydrogens is 270 g/mol. The highest BCUT2D eigenvalue weighted by Gasteiger charge is 2.14. The van der Waals surface area contributed by atoms with E-state index in [1.54, 1.807) is 23.9 Å². The summed E-state index contributed by atoms with van der Waals surface area (Å²) < 4.78 is 0. The van der Waals surface area contributed by atoms with Crippen molar-refractivity contribution in [2.45, 2.75) is 10.9 Å². The lowest BCUT2D eigenvalue weighted by Crippen LogP contribution is -2.30. The number of benzene rings is 2. The molecule has 0 aliphatic carbocycles. The molecule has 3 nitrogen and oxygen atoms in total. The van der Waals surface area contributed by atoms with Gasteiger partial charge < -0.3 is 10.4 Å². The largest absolute Gasteiger partial charge is 0.394 e. The minimum Gasteiger partial charge on any atom is -0.394 e. The predicted octanol–water partition coefficient (Wildman–Crippen LogP) is 2.87. The zero-order valence-electron chi connectivity index (χ0n) is 11.2. The molecule has 0 radical (unpaired) electrons. The van der Waals surface area contributed by atoms with Crippen molar-refractivity contribution >= 4 is 17.7 Å². The molecule has 2 N–H and O–H groups in total. The molecule has 0 aromatic heterocycles. The van der Waals surface area contributed by atoms with Gasteiger partial charge in [0.1, 0.15) is 0 Å². The normalized spacial score (nSPS) is 11.9. The molecular formula is C16H17NO2S. The van der Waals surface area contributed by atoms with Crippen LogP contribution in [0.2, 0.25) is 0 Å². The number of carbonyl (C=O) groups is 1. The van der Waals surface area contributed by atoms with Crippen LogP contribution in [-0.2, 0) is 0 Å². The van der Waals surface area contributed by atoms with Crippen LogP contribution in [0, 0.1) is 0 Å². The van der Waals surface area contributed by atoms with Crippen LogP contribution in [0.5, 0.6) is 0 Å². The average Bonchev–Trinajstić information content (AvgIpc) is 2.53. The molecule has 104 valence electrons. The Kier molecular flexibility index (Phi) is 5.21. The fraction of sp³-hybridized carbons (Fsp3) is 0.188. The van der Waals surface area contributed by atoms with E-state index in [0.29, 0.717) is 5.56 Å². The molecule has 20 heavy (non-hydrogen) atoms. The molecule has 4 heteroatoms. The maximum atomic E-state index is 12.2. The molecule has 0 saturated heterocycles. The second kappa shape index (κ2) is 7.12. The van der Waals surface area contributed by atoms with E-state index in [4.69, 9.17) is 0 Å². The highest BCUT2D eigenvalue weighted by atomic mass is 32.2. The Morgan fingerprint density at radius 1 is 1.15 bits per heavy atom. The van der Waals surface area contributed by atoms with Crippen molar-refractivity contribution in [1.29, 1.82) is 0 Å². The van der Waals surface area contributed by atoms with Crippen molar-refractivity contribution in [3.05, 3.63) is 65.7 Å². The maximum absolute atomic E-state index is 12.2. The number of rotatable bonds is 5. The number of aliphatic hydroxyl groups is 1. The quantitative estimate of drug-likeness (QED) is 0.831. The second-order valence-electron chi connectivity index (χ2n) is 4.35. The van der Waals surface area contributed by atoms with Crippen molar-refractivity contribution < 1.29 is 9.90 Å². The predicted molar refractivity (Wildman–Crippen MR) is 82.0 cm³/mol. The minimum absolute atomic E-state index is 0.126. The molecule has 0 aliphatic heterocycles. The molecule has 2 rings (SSSR count). The van der Waals surface area contributed by atoms with Crippen LogP contribution >= 0.6 is 11.8 Å². The smallest absolute Gasteiger partial charge is 0.251 e. The van der Waals surface area contributed by atoms with E-state index in [9.17, 15) is 9.90 Å². The van der Waals surface area contributed by atoms with Crippen molar-refractivity contribution in [3.8, 4) is 0 Å². The van der Waals surface area contributed by atoms with Gasteiger partial charge in [0, 0.05) is 10.5 Å². The Balaban J connectivity index is 2.09. The molecule has 0 unspecified atom stereocenters. The van der Waals surface area contributed by atoms with Crippen LogP contribution in [0.1, 0.15) is 22.0 Å². The number of hydrogen-bond donors (Lipinski definition) is 2. The van der Waals surface area contributed by atoms with Gasteiger partial charge in [-0.05, 0) is 36.1 Å². The molecule has 0 aliphatic rings. The molecule has 1 amide bonds. The molecule has 0 saturated carbocycles. The van der Waals surface area contributed by atoms with Crippen LogP contribution in [0.15, 0.2) is 59.5 Å². The molecule has 0 heterocycles. The molecule has 1 atom stereocenters. The summed E-state index contributed by atoms with van der Waals surface area (Å²) in [5.74, 6) is -0.180. The SMILES string of the molecule is CSc1ccc(C(=O)N[C@@H](CO)c2ccccc2)cc1. The van der Waals surface area contributed by atoms with E-state index in [2.05, 4.69) is 5.32 Å². The Bertz CT molecular complexity index is 554. The van der Waals surface area contributed by atoms with Crippen molar-refractivity contribution in [1.82, 2.24) is 5.32 Å². The van der Waals surface area contributed by atoms with Gasteiger partial charge >= 0.3 is 0 Å². The van der Waals surface area contributed by atoms with Crippen molar-refractivity contribution in [3.63, 3.8) is 0 Å². The van der Waals surface area contributed by atoms with Crippen LogP contribution in [-0.4, -0.2) is 23.9 Å². The molecule has 2 aromatic carbocycles. The number of carbonyl (C=O) groups excluding carboxylic acids is 1. The van der Waals surface area contributed by atoms with Gasteiger partial charge in [-0.3, -0.25) is 4.79 Å². The van der Waals surface area contributed by atoms with Gasteiger partial charge in [0.2, 0.25) is 0 Å². The van der Waals surface area contributed by atoms with Gasteiger partial charge in [-0.2, -0.15) is 0 Å². The monoisotopic (exact) mass is 287 g/mol. The first-order chi connectivity index (χ1) is 9.74. The van der Waals surface area contributed by atoms with Gasteiger partial charge in [-0.1, -0.05) is 30.3 Å². The van der Waals surface area contributed by atoms with Crippen molar-refractivity contribution in [2.75, 3.05) is 12.9 Å². The molecule has 0 bridgehead atoms. The average molecular weight is 287 g/mol. The first kappa shape index (κ1) is 14.6. The number of aliphatic hydroxyl groups excluding tert-OH is 1. The first-order valence-corrected chi connectivity index (χ1v) is 7.58. The first-order valence-electron chi connectivity index (χ1n) is 6.35. The number of hydrogen-bond acceptors (Lipinski definition) is 3. The van der Waals surface area contributed by atoms with E-state index in [1.807, 2.05) is 48.7 Å². The number of amides is 1. The zero-order chi connectivity index (χ0) is 14.4. The summed E-state index contributed by atoms with van der Waals surface area (Å²) in [6, 6.07) is 16.5. The van der Waals surface area contributed by atoms with E-state index >= 15 is 0 Å². The van der Waals surface area contributed by atoms with E-state index in [1.165, 1.54) is 0 Å². The lowest BCUT2D eigenvalue weighted by atomic mass is 10.1. The highest BCUT2D eigenvalue weighted by Crippen LogP contribution is 2.16. The summed E-state index contributed by atoms with van der Waals surface area (Å²) in [6.45, 7) is -0.126. The maximum Gasteiger partial charge on any atom is 0.251 e. The summed E-state index contributed by atoms with van der Waals surface area (Å²) in [4.78, 5) is 13.3. The lowest BCUT2D eigenvalue weighted by Gasteiger charge is -2.16. The van der Waals surface area contributed by atoms with Gasteiger partial charge in [-0.15, -0.1) is 11.8 Å². The van der Waals surface area contributed by atoms with Gasteiger partial charge in [0.25, 0.3) is 5.91 Å². The third-order valence-corrected chi connectivity index (χ3v) is 3.79. The van der Waals surface area contributed by atoms with E-state index in [0.717, 1.165) is 10.5 Å². The van der Waals surface area contributed by atoms with E-state index in [-0.39, 0.29) is 18.6 Å². The second-order valence-corrected chi connectivity index (χ2v) is 5.23. The van der Waals surface area contributed by atoms with Crippen LogP contribution in [0.3, 0.4) is 0 Å². The van der Waals surface area contributed by atoms with Crippen molar-refractivity contribution in [2.24, 2.45) is 0 Å². The molecule has 0 fully saturated rings. The van der Waals surface area contributed by atoms with Gasteiger partial charge in [-0.25, -0.2) is 0 Å². The molecule has 0 spiro atoms. The summed E-state index contributed by atoms with van der Waals surface area (Å²) in [7, 11) is 0. The summed E-state index contributed by atoms with van der Waals surface area (Å²) in [6.07, 6.45) is 1.99. The van der Waals surface area contributed by atoms with Gasteiger partial charge in [0.15, 0.2) is 0 Å². The Labute approximate surface area is 123 Å². The zero-order valence-corrected chi connectivity index (χ0v) is 12.1.